The Morgan fingerprint density at radius 2 is 1.50 bits per heavy atom. The fourth-order valence-corrected chi connectivity index (χ4v) is 3.13. The third-order valence-corrected chi connectivity index (χ3v) is 5.06. The van der Waals surface area contributed by atoms with Crippen molar-refractivity contribution in [1.29, 1.82) is 0 Å². The van der Waals surface area contributed by atoms with Gasteiger partial charge in [0.15, 0.2) is 0 Å². The standard InChI is InChI=1S/C24H34N4O2/c1-5-28(6-2)17-20-14-12-19(13-15-20)16-25-23(29)22(18(3)4)27-24(30)26-21-10-8-7-9-11-21/h7-15,18,22H,5-6,16-17H2,1-4H3,(H,25,29)(H2,26,27,30). The Morgan fingerprint density at radius 3 is 2.07 bits per heavy atom. The third-order valence-electron chi connectivity index (χ3n) is 5.06. The zero-order chi connectivity index (χ0) is 21.9. The monoisotopic (exact) mass is 410 g/mol. The van der Waals surface area contributed by atoms with E-state index in [1.807, 2.05) is 44.2 Å². The molecule has 0 aromatic heterocycles. The minimum absolute atomic E-state index is 0.0389. The molecule has 0 heterocycles. The van der Waals surface area contributed by atoms with Gasteiger partial charge < -0.3 is 16.0 Å². The highest BCUT2D eigenvalue weighted by Crippen LogP contribution is 2.09. The van der Waals surface area contributed by atoms with Gasteiger partial charge in [-0.2, -0.15) is 0 Å². The molecule has 0 spiro atoms. The molecule has 0 fully saturated rings. The summed E-state index contributed by atoms with van der Waals surface area (Å²) in [5.74, 6) is -0.233. The molecule has 0 bridgehead atoms. The van der Waals surface area contributed by atoms with Crippen molar-refractivity contribution in [2.75, 3.05) is 18.4 Å². The van der Waals surface area contributed by atoms with Gasteiger partial charge in [0.2, 0.25) is 5.91 Å². The van der Waals surface area contributed by atoms with Crippen molar-refractivity contribution in [1.82, 2.24) is 15.5 Å². The van der Waals surface area contributed by atoms with Crippen LogP contribution in [0.1, 0.15) is 38.8 Å². The van der Waals surface area contributed by atoms with Crippen LogP contribution < -0.4 is 16.0 Å². The molecule has 0 saturated carbocycles. The Kier molecular flexibility index (Phi) is 9.35. The summed E-state index contributed by atoms with van der Waals surface area (Å²) in [5, 5.41) is 8.47. The van der Waals surface area contributed by atoms with Gasteiger partial charge in [0.25, 0.3) is 0 Å². The first-order valence-electron chi connectivity index (χ1n) is 10.6. The Balaban J connectivity index is 1.88. The second-order valence-electron chi connectivity index (χ2n) is 7.68. The fraction of sp³-hybridized carbons (Fsp3) is 0.417. The summed E-state index contributed by atoms with van der Waals surface area (Å²) in [6, 6.07) is 16.4. The van der Waals surface area contributed by atoms with Gasteiger partial charge >= 0.3 is 6.03 Å². The van der Waals surface area contributed by atoms with Gasteiger partial charge in [-0.25, -0.2) is 4.79 Å². The largest absolute Gasteiger partial charge is 0.350 e. The van der Waals surface area contributed by atoms with Gasteiger partial charge in [-0.15, -0.1) is 0 Å². The lowest BCUT2D eigenvalue weighted by atomic mass is 10.0. The van der Waals surface area contributed by atoms with Crippen LogP contribution in [0, 0.1) is 5.92 Å². The SMILES string of the molecule is CCN(CC)Cc1ccc(CNC(=O)C(NC(=O)Nc2ccccc2)C(C)C)cc1. The number of amides is 3. The molecule has 2 aromatic rings. The van der Waals surface area contributed by atoms with Crippen LogP contribution in [0.2, 0.25) is 0 Å². The molecule has 2 aromatic carbocycles. The van der Waals surface area contributed by atoms with E-state index in [0.717, 1.165) is 25.2 Å². The molecule has 0 radical (unpaired) electrons. The van der Waals surface area contributed by atoms with Crippen LogP contribution in [-0.4, -0.2) is 36.0 Å². The number of para-hydroxylation sites is 1. The number of benzene rings is 2. The maximum Gasteiger partial charge on any atom is 0.319 e. The molecule has 3 N–H and O–H groups in total. The number of nitrogens with zero attached hydrogens (tertiary/aromatic N) is 1. The van der Waals surface area contributed by atoms with E-state index < -0.39 is 12.1 Å². The van der Waals surface area contributed by atoms with Crippen LogP contribution in [0.5, 0.6) is 0 Å². The lowest BCUT2D eigenvalue weighted by Crippen LogP contribution is -2.50. The van der Waals surface area contributed by atoms with E-state index in [0.29, 0.717) is 12.2 Å². The fourth-order valence-electron chi connectivity index (χ4n) is 3.13. The van der Waals surface area contributed by atoms with Gasteiger partial charge in [0, 0.05) is 18.8 Å². The summed E-state index contributed by atoms with van der Waals surface area (Å²) in [6.07, 6.45) is 0. The number of hydrogen-bond acceptors (Lipinski definition) is 3. The number of carbonyl (C=O) groups is 2. The smallest absolute Gasteiger partial charge is 0.319 e. The molecule has 6 nitrogen and oxygen atoms in total. The zero-order valence-electron chi connectivity index (χ0n) is 18.4. The van der Waals surface area contributed by atoms with E-state index >= 15 is 0 Å². The summed E-state index contributed by atoms with van der Waals surface area (Å²) in [5.41, 5.74) is 2.97. The first-order chi connectivity index (χ1) is 14.4. The van der Waals surface area contributed by atoms with E-state index in [1.54, 1.807) is 12.1 Å². The van der Waals surface area contributed by atoms with Gasteiger partial charge in [0.1, 0.15) is 6.04 Å². The summed E-state index contributed by atoms with van der Waals surface area (Å²) in [7, 11) is 0. The quantitative estimate of drug-likeness (QED) is 0.554. The van der Waals surface area contributed by atoms with Crippen LogP contribution in [-0.2, 0) is 17.9 Å². The molecule has 1 unspecified atom stereocenters. The minimum Gasteiger partial charge on any atom is -0.350 e. The van der Waals surface area contributed by atoms with E-state index in [4.69, 9.17) is 0 Å². The Hall–Kier alpha value is -2.86. The third kappa shape index (κ3) is 7.52. The van der Waals surface area contributed by atoms with Gasteiger partial charge in [-0.3, -0.25) is 9.69 Å². The number of anilines is 1. The molecule has 3 amide bonds. The normalized spacial score (nSPS) is 11.9. The maximum atomic E-state index is 12.7. The minimum atomic E-state index is -0.615. The van der Waals surface area contributed by atoms with E-state index in [-0.39, 0.29) is 11.8 Å². The van der Waals surface area contributed by atoms with Crippen LogP contribution >= 0.6 is 0 Å². The number of urea groups is 1. The van der Waals surface area contributed by atoms with Crippen LogP contribution in [0.4, 0.5) is 10.5 Å². The van der Waals surface area contributed by atoms with Crippen molar-refractivity contribution in [2.24, 2.45) is 5.92 Å². The predicted octanol–water partition coefficient (Wildman–Crippen LogP) is 3.99. The lowest BCUT2D eigenvalue weighted by molar-refractivity contribution is -0.124. The zero-order valence-corrected chi connectivity index (χ0v) is 18.4. The highest BCUT2D eigenvalue weighted by molar-refractivity contribution is 5.93. The molecule has 0 aliphatic rings. The molecule has 30 heavy (non-hydrogen) atoms. The average molecular weight is 411 g/mol. The second-order valence-corrected chi connectivity index (χ2v) is 7.68. The topological polar surface area (TPSA) is 73.5 Å². The molecule has 1 atom stereocenters. The van der Waals surface area contributed by atoms with Gasteiger partial charge in [-0.05, 0) is 42.3 Å². The van der Waals surface area contributed by atoms with Crippen LogP contribution in [0.25, 0.3) is 0 Å². The number of carbonyl (C=O) groups excluding carboxylic acids is 2. The molecular weight excluding hydrogens is 376 g/mol. The van der Waals surface area contributed by atoms with Crippen molar-refractivity contribution in [3.8, 4) is 0 Å². The number of nitrogens with one attached hydrogen (secondary N) is 3. The Bertz CT molecular complexity index is 787. The van der Waals surface area contributed by atoms with Crippen LogP contribution in [0.3, 0.4) is 0 Å². The Labute approximate surface area is 180 Å². The molecule has 6 heteroatoms. The molecule has 0 aliphatic carbocycles. The lowest BCUT2D eigenvalue weighted by Gasteiger charge is -2.22. The molecule has 0 saturated heterocycles. The second kappa shape index (κ2) is 12.0. The summed E-state index contributed by atoms with van der Waals surface area (Å²) in [6.45, 7) is 11.5. The molecular formula is C24H34N4O2. The highest BCUT2D eigenvalue weighted by atomic mass is 16.2. The molecule has 0 aliphatic heterocycles. The first-order valence-corrected chi connectivity index (χ1v) is 10.6. The van der Waals surface area contributed by atoms with Crippen molar-refractivity contribution in [3.63, 3.8) is 0 Å². The predicted molar refractivity (Wildman–Crippen MR) is 122 cm³/mol. The average Bonchev–Trinajstić information content (AvgIpc) is 2.75. The van der Waals surface area contributed by atoms with Crippen LogP contribution in [0.15, 0.2) is 54.6 Å². The summed E-state index contributed by atoms with van der Waals surface area (Å²) < 4.78 is 0. The maximum absolute atomic E-state index is 12.7. The first kappa shape index (κ1) is 23.4. The van der Waals surface area contributed by atoms with Crippen molar-refractivity contribution in [2.45, 2.75) is 46.8 Å². The van der Waals surface area contributed by atoms with Gasteiger partial charge in [0.05, 0.1) is 0 Å². The van der Waals surface area contributed by atoms with Gasteiger partial charge in [-0.1, -0.05) is 70.2 Å². The Morgan fingerprint density at radius 1 is 0.900 bits per heavy atom. The highest BCUT2D eigenvalue weighted by Gasteiger charge is 2.24. The molecule has 162 valence electrons. The van der Waals surface area contributed by atoms with E-state index in [1.165, 1.54) is 5.56 Å². The van der Waals surface area contributed by atoms with Crippen molar-refractivity contribution < 1.29 is 9.59 Å². The summed E-state index contributed by atoms with van der Waals surface area (Å²) >= 11 is 0. The van der Waals surface area contributed by atoms with E-state index in [2.05, 4.69) is 46.8 Å². The molecule has 2 rings (SSSR count). The van der Waals surface area contributed by atoms with E-state index in [9.17, 15) is 9.59 Å². The summed E-state index contributed by atoms with van der Waals surface area (Å²) in [4.78, 5) is 27.3. The van der Waals surface area contributed by atoms with Crippen molar-refractivity contribution in [3.05, 3.63) is 65.7 Å². The van der Waals surface area contributed by atoms with Crippen molar-refractivity contribution >= 4 is 17.6 Å². The number of hydrogen-bond donors (Lipinski definition) is 3. The number of rotatable bonds is 10.